The first kappa shape index (κ1) is 28.3. The van der Waals surface area contributed by atoms with Gasteiger partial charge in [0.1, 0.15) is 0 Å². The van der Waals surface area contributed by atoms with Crippen molar-refractivity contribution >= 4 is 54.1 Å². The lowest BCUT2D eigenvalue weighted by Crippen LogP contribution is -2.15. The molecule has 0 saturated heterocycles. The minimum Gasteiger partial charge on any atom is -0.278 e. The van der Waals surface area contributed by atoms with Crippen molar-refractivity contribution in [3.8, 4) is 38.8 Å². The molecule has 0 fully saturated rings. The molecule has 0 aliphatic heterocycles. The maximum atomic E-state index is 5.47. The molecule has 2 aliphatic rings. The zero-order valence-corrected chi connectivity index (χ0v) is 29.2. The number of hydrogen-bond acceptors (Lipinski definition) is 3. The second-order valence-electron chi connectivity index (χ2n) is 15.0. The van der Waals surface area contributed by atoms with Gasteiger partial charge in [-0.2, -0.15) is 0 Å². The normalized spacial score (nSPS) is 15.1. The molecular formula is C46H33N3S. The van der Waals surface area contributed by atoms with E-state index in [1.54, 1.807) is 0 Å². The first-order valence-corrected chi connectivity index (χ1v) is 18.2. The summed E-state index contributed by atoms with van der Waals surface area (Å²) < 4.78 is 3.59. The maximum Gasteiger partial charge on any atom is 0.235 e. The van der Waals surface area contributed by atoms with Gasteiger partial charge in [-0.3, -0.25) is 4.57 Å². The molecular weight excluding hydrogens is 627 g/mol. The summed E-state index contributed by atoms with van der Waals surface area (Å²) in [7, 11) is 0. The zero-order chi connectivity index (χ0) is 33.5. The van der Waals surface area contributed by atoms with Gasteiger partial charge in [-0.05, 0) is 74.7 Å². The van der Waals surface area contributed by atoms with Crippen LogP contribution in [0.4, 0.5) is 0 Å². The molecule has 0 amide bonds. The molecule has 0 bridgehead atoms. The van der Waals surface area contributed by atoms with Crippen LogP contribution in [-0.4, -0.2) is 14.5 Å². The van der Waals surface area contributed by atoms with Crippen LogP contribution in [0.2, 0.25) is 0 Å². The summed E-state index contributed by atoms with van der Waals surface area (Å²) in [6.07, 6.45) is 0. The molecule has 2 aliphatic carbocycles. The fraction of sp³-hybridized carbons (Fsp3) is 0.130. The lowest BCUT2D eigenvalue weighted by molar-refractivity contribution is 0.660. The summed E-state index contributed by atoms with van der Waals surface area (Å²) in [5.41, 5.74) is 14.7. The second-order valence-corrected chi connectivity index (χ2v) is 16.1. The Morgan fingerprint density at radius 2 is 1.20 bits per heavy atom. The van der Waals surface area contributed by atoms with E-state index in [1.807, 2.05) is 11.3 Å². The maximum absolute atomic E-state index is 5.47. The van der Waals surface area contributed by atoms with E-state index in [0.29, 0.717) is 5.95 Å². The molecule has 0 spiro atoms. The number of fused-ring (bicyclic) bond motifs is 12. The average molecular weight is 660 g/mol. The summed E-state index contributed by atoms with van der Waals surface area (Å²) in [6.45, 7) is 9.43. The Bertz CT molecular complexity index is 2940. The number of hydrogen-bond donors (Lipinski definition) is 0. The van der Waals surface area contributed by atoms with Gasteiger partial charge >= 0.3 is 0 Å². The van der Waals surface area contributed by atoms with Gasteiger partial charge in [-0.25, -0.2) is 9.97 Å². The van der Waals surface area contributed by atoms with E-state index in [2.05, 4.69) is 160 Å². The van der Waals surface area contributed by atoms with Crippen LogP contribution in [0.5, 0.6) is 0 Å². The lowest BCUT2D eigenvalue weighted by Gasteiger charge is -2.22. The summed E-state index contributed by atoms with van der Waals surface area (Å²) in [5.74, 6) is 0.696. The smallest absolute Gasteiger partial charge is 0.235 e. The van der Waals surface area contributed by atoms with E-state index in [4.69, 9.17) is 9.97 Å². The van der Waals surface area contributed by atoms with Gasteiger partial charge in [0.25, 0.3) is 0 Å². The summed E-state index contributed by atoms with van der Waals surface area (Å²) in [4.78, 5) is 12.1. The van der Waals surface area contributed by atoms with E-state index in [9.17, 15) is 0 Å². The summed E-state index contributed by atoms with van der Waals surface area (Å²) in [6, 6.07) is 46.7. The van der Waals surface area contributed by atoms with Gasteiger partial charge in [-0.1, -0.05) is 125 Å². The number of thiophene rings is 1. The molecule has 0 saturated carbocycles. The largest absolute Gasteiger partial charge is 0.278 e. The van der Waals surface area contributed by atoms with Crippen LogP contribution in [0, 0.1) is 0 Å². The van der Waals surface area contributed by atoms with Gasteiger partial charge in [0.2, 0.25) is 5.95 Å². The monoisotopic (exact) mass is 659 g/mol. The highest BCUT2D eigenvalue weighted by Gasteiger charge is 2.39. The number of rotatable bonds is 2. The quantitative estimate of drug-likeness (QED) is 0.185. The second kappa shape index (κ2) is 9.56. The van der Waals surface area contributed by atoms with Crippen LogP contribution >= 0.6 is 11.3 Å². The Labute approximate surface area is 294 Å². The van der Waals surface area contributed by atoms with E-state index >= 15 is 0 Å². The van der Waals surface area contributed by atoms with Crippen molar-refractivity contribution in [3.63, 3.8) is 0 Å². The van der Waals surface area contributed by atoms with Crippen molar-refractivity contribution in [1.29, 1.82) is 0 Å². The molecule has 238 valence electrons. The minimum absolute atomic E-state index is 0.0572. The van der Waals surface area contributed by atoms with Crippen molar-refractivity contribution in [1.82, 2.24) is 14.5 Å². The van der Waals surface area contributed by atoms with E-state index in [1.165, 1.54) is 64.7 Å². The van der Waals surface area contributed by atoms with Gasteiger partial charge in [0.15, 0.2) is 0 Å². The Morgan fingerprint density at radius 3 is 2.04 bits per heavy atom. The minimum atomic E-state index is -0.0954. The van der Waals surface area contributed by atoms with Crippen LogP contribution in [0.15, 0.2) is 127 Å². The SMILES string of the molecule is CC1(C)c2ccccc2-c2ccc(-c3nc(-n4c5ccccc5c5cc6c7c(sc6cc54)-c4ccccc4C7(C)C)nc4ccccc34)cc21. The molecule has 11 rings (SSSR count). The number of aromatic nitrogens is 3. The van der Waals surface area contributed by atoms with Gasteiger partial charge in [-0.15, -0.1) is 11.3 Å². The first-order valence-electron chi connectivity index (χ1n) is 17.4. The fourth-order valence-electron chi connectivity index (χ4n) is 9.18. The molecule has 0 unspecified atom stereocenters. The highest BCUT2D eigenvalue weighted by Crippen LogP contribution is 2.56. The molecule has 0 N–H and O–H groups in total. The highest BCUT2D eigenvalue weighted by molar-refractivity contribution is 7.22. The third-order valence-corrected chi connectivity index (χ3v) is 12.8. The predicted molar refractivity (Wildman–Crippen MR) is 210 cm³/mol. The third kappa shape index (κ3) is 3.54. The summed E-state index contributed by atoms with van der Waals surface area (Å²) >= 11 is 1.91. The van der Waals surface area contributed by atoms with Crippen LogP contribution in [0.25, 0.3) is 81.6 Å². The third-order valence-electron chi connectivity index (χ3n) is 11.6. The molecule has 0 atom stereocenters. The predicted octanol–water partition coefficient (Wildman–Crippen LogP) is 12.2. The van der Waals surface area contributed by atoms with E-state index < -0.39 is 0 Å². The summed E-state index contributed by atoms with van der Waals surface area (Å²) in [5, 5.41) is 4.86. The molecule has 4 heteroatoms. The van der Waals surface area contributed by atoms with Crippen LogP contribution in [0.1, 0.15) is 49.9 Å². The van der Waals surface area contributed by atoms with Crippen molar-refractivity contribution in [2.75, 3.05) is 0 Å². The number of para-hydroxylation sites is 2. The fourth-order valence-corrected chi connectivity index (χ4v) is 10.6. The highest BCUT2D eigenvalue weighted by atomic mass is 32.1. The van der Waals surface area contributed by atoms with Crippen LogP contribution in [-0.2, 0) is 10.8 Å². The van der Waals surface area contributed by atoms with Crippen LogP contribution < -0.4 is 0 Å². The zero-order valence-electron chi connectivity index (χ0n) is 28.4. The standard InChI is InChI=1S/C46H33N3S/c1-45(2)34-17-9-5-13-27(34)28-22-21-26(23-36(28)45)42-31-16-7-11-19-37(31)47-44(48-42)49-38-20-12-8-14-29(38)32-24-33-40(25-39(32)49)50-43-30-15-6-10-18-35(30)46(3,4)41(33)43/h5-25H,1-4H3. The molecule has 3 nitrogen and oxygen atoms in total. The Balaban J connectivity index is 1.17. The molecule has 0 radical (unpaired) electrons. The van der Waals surface area contributed by atoms with Crippen molar-refractivity contribution in [2.45, 2.75) is 38.5 Å². The van der Waals surface area contributed by atoms with Gasteiger partial charge in [0.05, 0.1) is 22.2 Å². The average Bonchev–Trinajstić information content (AvgIpc) is 3.81. The van der Waals surface area contributed by atoms with Crippen molar-refractivity contribution in [2.24, 2.45) is 0 Å². The van der Waals surface area contributed by atoms with Gasteiger partial charge < -0.3 is 0 Å². The molecule has 50 heavy (non-hydrogen) atoms. The van der Waals surface area contributed by atoms with Crippen molar-refractivity contribution < 1.29 is 0 Å². The van der Waals surface area contributed by atoms with E-state index in [0.717, 1.165) is 33.2 Å². The Kier molecular flexibility index (Phi) is 5.40. The molecule has 9 aromatic rings. The first-order chi connectivity index (χ1) is 24.3. The number of nitrogens with zero attached hydrogens (tertiary/aromatic N) is 3. The molecule has 3 aromatic heterocycles. The van der Waals surface area contributed by atoms with Crippen molar-refractivity contribution in [3.05, 3.63) is 150 Å². The number of benzene rings is 6. The molecule has 6 aromatic carbocycles. The molecule has 3 heterocycles. The Morgan fingerprint density at radius 1 is 0.520 bits per heavy atom. The van der Waals surface area contributed by atoms with Gasteiger partial charge in [0, 0.05) is 42.1 Å². The topological polar surface area (TPSA) is 30.7 Å². The lowest BCUT2D eigenvalue weighted by atomic mass is 9.81. The Hall–Kier alpha value is -5.58. The van der Waals surface area contributed by atoms with Crippen LogP contribution in [0.3, 0.4) is 0 Å². The van der Waals surface area contributed by atoms with E-state index in [-0.39, 0.29) is 10.8 Å².